The lowest BCUT2D eigenvalue weighted by molar-refractivity contribution is -0.121. The Hall–Kier alpha value is -3.00. The van der Waals surface area contributed by atoms with Crippen LogP contribution in [-0.2, 0) is 11.3 Å². The van der Waals surface area contributed by atoms with Crippen molar-refractivity contribution in [2.24, 2.45) is 5.92 Å². The van der Waals surface area contributed by atoms with E-state index in [0.717, 1.165) is 5.56 Å². The lowest BCUT2D eigenvalue weighted by atomic mass is 9.96. The predicted molar refractivity (Wildman–Crippen MR) is 118 cm³/mol. The number of nitrogens with zero attached hydrogens (tertiary/aromatic N) is 2. The Kier molecular flexibility index (Phi) is 7.57. The maximum absolute atomic E-state index is 12.5. The Morgan fingerprint density at radius 1 is 1.26 bits per heavy atom. The van der Waals surface area contributed by atoms with Gasteiger partial charge in [-0.1, -0.05) is 17.7 Å². The maximum Gasteiger partial charge on any atom is 0.317 e. The summed E-state index contributed by atoms with van der Waals surface area (Å²) in [4.78, 5) is 30.9. The minimum Gasteiger partial charge on any atom is -0.506 e. The fourth-order valence-electron chi connectivity index (χ4n) is 3.30. The Labute approximate surface area is 186 Å². The minimum absolute atomic E-state index is 0.0344. The smallest absolute Gasteiger partial charge is 0.317 e. The molecule has 0 saturated carbocycles. The molecule has 1 aromatic heterocycles. The fraction of sp³-hybridized carbons (Fsp3) is 0.409. The maximum atomic E-state index is 12.5. The lowest BCUT2D eigenvalue weighted by Gasteiger charge is -2.31. The number of piperidine rings is 1. The van der Waals surface area contributed by atoms with E-state index in [0.29, 0.717) is 43.4 Å². The van der Waals surface area contributed by atoms with Crippen LogP contribution in [-0.4, -0.2) is 46.1 Å². The van der Waals surface area contributed by atoms with Gasteiger partial charge >= 0.3 is 6.03 Å². The van der Waals surface area contributed by atoms with Crippen molar-refractivity contribution in [3.8, 4) is 11.6 Å². The number of hydrogen-bond donors (Lipinski definition) is 3. The number of carbonyl (C=O) groups is 2. The summed E-state index contributed by atoms with van der Waals surface area (Å²) in [7, 11) is 0. The predicted octanol–water partition coefficient (Wildman–Crippen LogP) is 3.79. The van der Waals surface area contributed by atoms with Gasteiger partial charge in [0.2, 0.25) is 11.8 Å². The molecule has 0 bridgehead atoms. The third-order valence-electron chi connectivity index (χ3n) is 4.97. The molecular formula is C22H27ClN4O4. The second-order valence-corrected chi connectivity index (χ2v) is 8.18. The second-order valence-electron chi connectivity index (χ2n) is 7.74. The molecule has 0 unspecified atom stereocenters. The van der Waals surface area contributed by atoms with Crippen LogP contribution < -0.4 is 15.4 Å². The number of phenols is 1. The number of hydrogen-bond acceptors (Lipinski definition) is 5. The summed E-state index contributed by atoms with van der Waals surface area (Å²) < 4.78 is 5.51. The van der Waals surface area contributed by atoms with Gasteiger partial charge in [0.05, 0.1) is 11.8 Å². The van der Waals surface area contributed by atoms with Crippen LogP contribution in [0.15, 0.2) is 36.5 Å². The molecule has 1 aliphatic heterocycles. The van der Waals surface area contributed by atoms with Crippen molar-refractivity contribution in [3.05, 3.63) is 47.1 Å². The van der Waals surface area contributed by atoms with Crippen molar-refractivity contribution in [2.45, 2.75) is 39.3 Å². The average molecular weight is 447 g/mol. The van der Waals surface area contributed by atoms with Crippen LogP contribution >= 0.6 is 11.6 Å². The highest BCUT2D eigenvalue weighted by atomic mass is 35.5. The summed E-state index contributed by atoms with van der Waals surface area (Å²) in [6.07, 6.45) is 2.83. The number of carbonyl (C=O) groups excluding carboxylic acids is 2. The van der Waals surface area contributed by atoms with E-state index >= 15 is 0 Å². The second kappa shape index (κ2) is 10.3. The van der Waals surface area contributed by atoms with Gasteiger partial charge in [0.25, 0.3) is 0 Å². The zero-order valence-corrected chi connectivity index (χ0v) is 18.4. The van der Waals surface area contributed by atoms with Gasteiger partial charge in [0.1, 0.15) is 5.75 Å². The monoisotopic (exact) mass is 446 g/mol. The van der Waals surface area contributed by atoms with Gasteiger partial charge in [-0.15, -0.1) is 0 Å². The van der Waals surface area contributed by atoms with E-state index < -0.39 is 0 Å². The van der Waals surface area contributed by atoms with Crippen LogP contribution in [0.2, 0.25) is 5.02 Å². The Morgan fingerprint density at radius 2 is 2.00 bits per heavy atom. The number of benzene rings is 1. The molecule has 3 N–H and O–H groups in total. The first-order valence-electron chi connectivity index (χ1n) is 10.3. The third-order valence-corrected chi connectivity index (χ3v) is 5.20. The van der Waals surface area contributed by atoms with Crippen LogP contribution in [0.3, 0.4) is 0 Å². The van der Waals surface area contributed by atoms with E-state index in [2.05, 4.69) is 15.6 Å². The summed E-state index contributed by atoms with van der Waals surface area (Å²) >= 11 is 5.92. The normalized spacial score (nSPS) is 14.4. The van der Waals surface area contributed by atoms with Gasteiger partial charge in [0, 0.05) is 42.8 Å². The number of likely N-dealkylation sites (tertiary alicyclic amines) is 1. The van der Waals surface area contributed by atoms with Gasteiger partial charge in [-0.2, -0.15) is 0 Å². The van der Waals surface area contributed by atoms with Crippen molar-refractivity contribution in [1.29, 1.82) is 0 Å². The van der Waals surface area contributed by atoms with E-state index in [1.165, 1.54) is 12.1 Å². The van der Waals surface area contributed by atoms with E-state index in [4.69, 9.17) is 16.3 Å². The van der Waals surface area contributed by atoms with Crippen molar-refractivity contribution in [3.63, 3.8) is 0 Å². The standard InChI is InChI=1S/C22H27ClN4O4/c1-14(2)31-20-6-3-15(12-24-20)13-25-22(30)27-9-7-16(8-10-27)21(29)26-18-11-17(23)4-5-19(18)28/h3-6,11-12,14,16,28H,7-10,13H2,1-2H3,(H,25,30)(H,26,29). The summed E-state index contributed by atoms with van der Waals surface area (Å²) in [5.74, 6) is 0.0944. The summed E-state index contributed by atoms with van der Waals surface area (Å²) in [5.41, 5.74) is 1.16. The number of amides is 3. The Morgan fingerprint density at radius 3 is 2.65 bits per heavy atom. The number of pyridine rings is 1. The number of halogens is 1. The molecule has 166 valence electrons. The van der Waals surface area contributed by atoms with Crippen LogP contribution in [0.25, 0.3) is 0 Å². The number of phenolic OH excluding ortho intramolecular Hbond substituents is 1. The third kappa shape index (κ3) is 6.49. The zero-order chi connectivity index (χ0) is 22.4. The van der Waals surface area contributed by atoms with Gasteiger partial charge < -0.3 is 25.4 Å². The van der Waals surface area contributed by atoms with Crippen molar-refractivity contribution in [1.82, 2.24) is 15.2 Å². The van der Waals surface area contributed by atoms with Crippen LogP contribution in [0.1, 0.15) is 32.3 Å². The summed E-state index contributed by atoms with van der Waals surface area (Å²) in [6.45, 7) is 5.19. The van der Waals surface area contributed by atoms with Crippen LogP contribution in [0, 0.1) is 5.92 Å². The number of anilines is 1. The molecule has 3 rings (SSSR count). The highest BCUT2D eigenvalue weighted by molar-refractivity contribution is 6.31. The molecule has 1 fully saturated rings. The van der Waals surface area contributed by atoms with E-state index in [9.17, 15) is 14.7 Å². The molecule has 1 saturated heterocycles. The first-order valence-corrected chi connectivity index (χ1v) is 10.6. The largest absolute Gasteiger partial charge is 0.506 e. The lowest BCUT2D eigenvalue weighted by Crippen LogP contribution is -2.45. The van der Waals surface area contributed by atoms with Gasteiger partial charge in [0.15, 0.2) is 0 Å². The van der Waals surface area contributed by atoms with Crippen LogP contribution in [0.5, 0.6) is 11.6 Å². The van der Waals surface area contributed by atoms with Crippen LogP contribution in [0.4, 0.5) is 10.5 Å². The molecule has 31 heavy (non-hydrogen) atoms. The highest BCUT2D eigenvalue weighted by Gasteiger charge is 2.27. The van der Waals surface area contributed by atoms with Gasteiger partial charge in [-0.3, -0.25) is 4.79 Å². The molecule has 0 atom stereocenters. The summed E-state index contributed by atoms with van der Waals surface area (Å²) in [6, 6.07) is 7.97. The molecule has 0 spiro atoms. The van der Waals surface area contributed by atoms with Crippen molar-refractivity contribution >= 4 is 29.2 Å². The fourth-order valence-corrected chi connectivity index (χ4v) is 3.48. The van der Waals surface area contributed by atoms with Gasteiger partial charge in [-0.25, -0.2) is 9.78 Å². The van der Waals surface area contributed by atoms with Crippen molar-refractivity contribution in [2.75, 3.05) is 18.4 Å². The van der Waals surface area contributed by atoms with E-state index in [1.54, 1.807) is 23.2 Å². The number of rotatable bonds is 6. The quantitative estimate of drug-likeness (QED) is 0.586. The number of aromatic nitrogens is 1. The molecule has 1 aliphatic rings. The van der Waals surface area contributed by atoms with Crippen molar-refractivity contribution < 1.29 is 19.4 Å². The molecule has 2 aromatic rings. The first kappa shape index (κ1) is 22.7. The summed E-state index contributed by atoms with van der Waals surface area (Å²) in [5, 5.41) is 15.9. The molecular weight excluding hydrogens is 420 g/mol. The topological polar surface area (TPSA) is 104 Å². The average Bonchev–Trinajstić information content (AvgIpc) is 2.75. The highest BCUT2D eigenvalue weighted by Crippen LogP contribution is 2.28. The molecule has 0 aliphatic carbocycles. The van der Waals surface area contributed by atoms with Gasteiger partial charge in [-0.05, 0) is 50.5 Å². The molecule has 9 heteroatoms. The first-order chi connectivity index (χ1) is 14.8. The molecule has 8 nitrogen and oxygen atoms in total. The number of aromatic hydroxyl groups is 1. The molecule has 0 radical (unpaired) electrons. The van der Waals surface area contributed by atoms with E-state index in [1.807, 2.05) is 19.9 Å². The number of nitrogens with one attached hydrogen (secondary N) is 2. The minimum atomic E-state index is -0.236. The molecule has 1 aromatic carbocycles. The zero-order valence-electron chi connectivity index (χ0n) is 17.6. The Bertz CT molecular complexity index is 912. The SMILES string of the molecule is CC(C)Oc1ccc(CNC(=O)N2CCC(C(=O)Nc3cc(Cl)ccc3O)CC2)cn1. The molecule has 3 amide bonds. The number of urea groups is 1. The Balaban J connectivity index is 1.44. The number of ether oxygens (including phenoxy) is 1. The van der Waals surface area contributed by atoms with E-state index in [-0.39, 0.29) is 35.4 Å². The molecule has 2 heterocycles.